The molecule has 3 saturated heterocycles. The number of rotatable bonds is 2. The van der Waals surface area contributed by atoms with Crippen molar-refractivity contribution >= 4 is 13.9 Å². The summed E-state index contributed by atoms with van der Waals surface area (Å²) < 4.78 is 0. The Morgan fingerprint density at radius 1 is 1.27 bits per heavy atom. The highest BCUT2D eigenvalue weighted by molar-refractivity contribution is 7.59. The van der Waals surface area contributed by atoms with E-state index in [-0.39, 0.29) is 6.42 Å². The third-order valence-electron chi connectivity index (χ3n) is 4.47. The van der Waals surface area contributed by atoms with E-state index in [9.17, 15) is 9.90 Å². The molecule has 4 aliphatic rings. The first-order valence-corrected chi connectivity index (χ1v) is 7.48. The Morgan fingerprint density at radius 2 is 1.87 bits per heavy atom. The van der Waals surface area contributed by atoms with Crippen LogP contribution in [0, 0.1) is 17.8 Å². The maximum Gasteiger partial charge on any atom is 0.306 e. The summed E-state index contributed by atoms with van der Waals surface area (Å²) in [5.41, 5.74) is 0. The lowest BCUT2D eigenvalue weighted by Crippen LogP contribution is -2.53. The zero-order valence-corrected chi connectivity index (χ0v) is 9.62. The fraction of sp³-hybridized carbons (Fsp3) is 0.909. The minimum absolute atomic E-state index is 0.0111. The van der Waals surface area contributed by atoms with Crippen LogP contribution in [0.4, 0.5) is 0 Å². The number of carboxylic acids is 1. The van der Waals surface area contributed by atoms with Gasteiger partial charge in [0.15, 0.2) is 0 Å². The summed E-state index contributed by atoms with van der Waals surface area (Å²) in [6.07, 6.45) is 5.76. The molecule has 3 heterocycles. The van der Waals surface area contributed by atoms with Crippen LogP contribution in [0.2, 0.25) is 0 Å². The molecular weight excluding hydrogens is 211 g/mol. The molecule has 0 spiro atoms. The first-order valence-electron chi connectivity index (χ1n) is 5.77. The molecule has 1 saturated carbocycles. The van der Waals surface area contributed by atoms with Gasteiger partial charge in [-0.2, -0.15) is 0 Å². The van der Waals surface area contributed by atoms with Gasteiger partial charge in [-0.3, -0.25) is 4.79 Å². The summed E-state index contributed by atoms with van der Waals surface area (Å²) >= 11 is 0. The predicted octanol–water partition coefficient (Wildman–Crippen LogP) is 1.69. The van der Waals surface area contributed by atoms with Gasteiger partial charge in [0.2, 0.25) is 0 Å². The molecule has 0 amide bonds. The average Bonchev–Trinajstić information content (AvgIpc) is 2.12. The number of hydrogen-bond acceptors (Lipinski definition) is 2. The van der Waals surface area contributed by atoms with Crippen LogP contribution < -0.4 is 0 Å². The quantitative estimate of drug-likeness (QED) is 0.707. The van der Waals surface area contributed by atoms with Crippen molar-refractivity contribution < 1.29 is 15.0 Å². The number of carbonyl (C=O) groups is 1. The van der Waals surface area contributed by atoms with Crippen molar-refractivity contribution in [1.29, 1.82) is 0 Å². The second-order valence-corrected chi connectivity index (χ2v) is 8.07. The van der Waals surface area contributed by atoms with Gasteiger partial charge in [0.05, 0.1) is 11.8 Å². The molecule has 1 aliphatic carbocycles. The van der Waals surface area contributed by atoms with Crippen LogP contribution in [0.1, 0.15) is 25.7 Å². The lowest BCUT2D eigenvalue weighted by atomic mass is 9.72. The second-order valence-electron chi connectivity index (χ2n) is 5.49. The SMILES string of the molecule is O=C(O)CC1(O)C2CC3CC(C2)CP1C3. The van der Waals surface area contributed by atoms with Crippen molar-refractivity contribution in [1.82, 2.24) is 0 Å². The molecule has 3 nitrogen and oxygen atoms in total. The molecule has 0 aromatic rings. The van der Waals surface area contributed by atoms with Crippen molar-refractivity contribution in [2.75, 3.05) is 12.3 Å². The smallest absolute Gasteiger partial charge is 0.306 e. The molecule has 3 atom stereocenters. The minimum Gasteiger partial charge on any atom is -0.481 e. The molecule has 0 radical (unpaired) electrons. The van der Waals surface area contributed by atoms with Crippen LogP contribution in [-0.2, 0) is 4.79 Å². The highest BCUT2D eigenvalue weighted by atomic mass is 31.1. The number of hydrogen-bond donors (Lipinski definition) is 2. The highest BCUT2D eigenvalue weighted by Crippen LogP contribution is 2.69. The van der Waals surface area contributed by atoms with Crippen molar-refractivity contribution in [3.05, 3.63) is 0 Å². The monoisotopic (exact) mass is 228 g/mol. The van der Waals surface area contributed by atoms with Gasteiger partial charge in [-0.25, -0.2) is 0 Å². The zero-order valence-electron chi connectivity index (χ0n) is 8.72. The Bertz CT molecular complexity index is 274. The van der Waals surface area contributed by atoms with E-state index in [1.807, 2.05) is 0 Å². The summed E-state index contributed by atoms with van der Waals surface area (Å²) in [7, 11) is -0.415. The summed E-state index contributed by atoms with van der Waals surface area (Å²) in [5.74, 6) is 1.09. The molecule has 4 fully saturated rings. The zero-order chi connectivity index (χ0) is 10.6. The van der Waals surface area contributed by atoms with Gasteiger partial charge in [0.1, 0.15) is 0 Å². The van der Waals surface area contributed by atoms with Gasteiger partial charge in [-0.1, -0.05) is 7.92 Å². The van der Waals surface area contributed by atoms with Crippen LogP contribution in [0.5, 0.6) is 0 Å². The summed E-state index contributed by atoms with van der Waals surface area (Å²) in [4.78, 5) is 10.8. The van der Waals surface area contributed by atoms with Gasteiger partial charge in [-0.15, -0.1) is 0 Å². The molecule has 15 heavy (non-hydrogen) atoms. The van der Waals surface area contributed by atoms with Crippen LogP contribution in [0.15, 0.2) is 0 Å². The summed E-state index contributed by atoms with van der Waals surface area (Å²) in [6, 6.07) is 0. The fourth-order valence-electron chi connectivity index (χ4n) is 3.99. The predicted molar refractivity (Wildman–Crippen MR) is 58.2 cm³/mol. The third-order valence-corrected chi connectivity index (χ3v) is 8.01. The maximum absolute atomic E-state index is 10.8. The highest BCUT2D eigenvalue weighted by Gasteiger charge is 2.56. The van der Waals surface area contributed by atoms with Gasteiger partial charge in [0.25, 0.3) is 0 Å². The lowest BCUT2D eigenvalue weighted by Gasteiger charge is -2.58. The number of aliphatic carboxylic acids is 1. The second kappa shape index (κ2) is 3.18. The summed E-state index contributed by atoms with van der Waals surface area (Å²) in [5, 5.41) is 18.7. The Morgan fingerprint density at radius 3 is 2.33 bits per heavy atom. The third kappa shape index (κ3) is 1.43. The van der Waals surface area contributed by atoms with Crippen molar-refractivity contribution in [3.63, 3.8) is 0 Å². The number of carboxylic acid groups (broad SMARTS) is 1. The Labute approximate surface area is 90.6 Å². The molecule has 4 rings (SSSR count). The first kappa shape index (κ1) is 10.0. The number of aliphatic hydroxyl groups is 1. The van der Waals surface area contributed by atoms with E-state index in [0.29, 0.717) is 5.92 Å². The molecule has 4 bridgehead atoms. The average molecular weight is 228 g/mol. The first-order chi connectivity index (χ1) is 7.08. The normalized spacial score (nSPS) is 52.1. The molecule has 3 unspecified atom stereocenters. The van der Waals surface area contributed by atoms with E-state index >= 15 is 0 Å². The molecule has 4 heteroatoms. The Hall–Kier alpha value is -0.140. The van der Waals surface area contributed by atoms with E-state index in [1.54, 1.807) is 0 Å². The Balaban J connectivity index is 1.87. The molecule has 2 N–H and O–H groups in total. The molecule has 3 aliphatic heterocycles. The standard InChI is InChI=1S/C11H17O3P/c12-10(13)4-11(14)9-2-7-1-8(3-9)6-15(11)5-7/h7-9,14H,1-6H2,(H,12,13). The van der Waals surface area contributed by atoms with E-state index in [2.05, 4.69) is 0 Å². The van der Waals surface area contributed by atoms with Gasteiger partial charge < -0.3 is 10.2 Å². The van der Waals surface area contributed by atoms with Crippen LogP contribution >= 0.6 is 7.92 Å². The van der Waals surface area contributed by atoms with Crippen LogP contribution in [-0.4, -0.2) is 33.8 Å². The van der Waals surface area contributed by atoms with E-state index in [4.69, 9.17) is 5.11 Å². The van der Waals surface area contributed by atoms with Crippen molar-refractivity contribution in [2.24, 2.45) is 17.8 Å². The topological polar surface area (TPSA) is 57.5 Å². The van der Waals surface area contributed by atoms with Gasteiger partial charge >= 0.3 is 5.97 Å². The molecule has 0 aromatic heterocycles. The summed E-state index contributed by atoms with van der Waals surface area (Å²) in [6.45, 7) is 0. The van der Waals surface area contributed by atoms with Gasteiger partial charge in [-0.05, 0) is 49.3 Å². The van der Waals surface area contributed by atoms with Gasteiger partial charge in [0, 0.05) is 0 Å². The molecule has 84 valence electrons. The fourth-order valence-corrected chi connectivity index (χ4v) is 7.70. The van der Waals surface area contributed by atoms with Crippen molar-refractivity contribution in [3.8, 4) is 0 Å². The van der Waals surface area contributed by atoms with Crippen LogP contribution in [0.25, 0.3) is 0 Å². The minimum atomic E-state index is -0.826. The van der Waals surface area contributed by atoms with E-state index < -0.39 is 19.2 Å². The Kier molecular flexibility index (Phi) is 2.13. The lowest BCUT2D eigenvalue weighted by molar-refractivity contribution is -0.142. The van der Waals surface area contributed by atoms with E-state index in [0.717, 1.165) is 37.0 Å². The molecule has 0 aromatic carbocycles. The van der Waals surface area contributed by atoms with Crippen LogP contribution in [0.3, 0.4) is 0 Å². The van der Waals surface area contributed by atoms with E-state index in [1.165, 1.54) is 6.42 Å². The largest absolute Gasteiger partial charge is 0.481 e. The van der Waals surface area contributed by atoms with Crippen molar-refractivity contribution in [2.45, 2.75) is 31.0 Å². The molecular formula is C11H17O3P. The maximum atomic E-state index is 10.8.